The Bertz CT molecular complexity index is 721. The summed E-state index contributed by atoms with van der Waals surface area (Å²) in [5.41, 5.74) is 0.984. The summed E-state index contributed by atoms with van der Waals surface area (Å²) in [4.78, 5) is 18.1. The average Bonchev–Trinajstić information content (AvgIpc) is 2.97. The molecule has 0 aromatic heterocycles. The zero-order valence-corrected chi connectivity index (χ0v) is 16.3. The Morgan fingerprint density at radius 1 is 1.36 bits per heavy atom. The van der Waals surface area contributed by atoms with E-state index >= 15 is 0 Å². The summed E-state index contributed by atoms with van der Waals surface area (Å²) in [6, 6.07) is 7.99. The Morgan fingerprint density at radius 2 is 2.16 bits per heavy atom. The Labute approximate surface area is 154 Å². The van der Waals surface area contributed by atoms with Gasteiger partial charge in [-0.05, 0) is 31.5 Å². The van der Waals surface area contributed by atoms with Crippen LogP contribution in [0.5, 0.6) is 0 Å². The first-order valence-electron chi connectivity index (χ1n) is 8.97. The zero-order chi connectivity index (χ0) is 17.9. The van der Waals surface area contributed by atoms with E-state index in [9.17, 15) is 13.2 Å². The molecule has 7 heteroatoms. The van der Waals surface area contributed by atoms with Crippen molar-refractivity contribution in [2.45, 2.75) is 37.1 Å². The quantitative estimate of drug-likeness (QED) is 0.756. The summed E-state index contributed by atoms with van der Waals surface area (Å²) in [5.74, 6) is 1.41. The standard InChI is InChI=1S/C18H26N2O3S2/c1-2-3-9-19(15-8-12-25(22,23)14-15)13-18(21)20-10-11-24-17-7-5-4-6-16(17)20/h4-7,15H,2-3,8-14H2,1H3. The molecule has 0 N–H and O–H groups in total. The van der Waals surface area contributed by atoms with Crippen LogP contribution < -0.4 is 4.90 Å². The number of amides is 1. The van der Waals surface area contributed by atoms with Crippen molar-refractivity contribution >= 4 is 33.2 Å². The third kappa shape index (κ3) is 4.57. The van der Waals surface area contributed by atoms with Gasteiger partial charge in [-0.3, -0.25) is 9.69 Å². The maximum Gasteiger partial charge on any atom is 0.241 e. The summed E-state index contributed by atoms with van der Waals surface area (Å²) in [5, 5.41) is 0. The molecule has 138 valence electrons. The van der Waals surface area contributed by atoms with Crippen molar-refractivity contribution in [2.24, 2.45) is 0 Å². The molecule has 3 rings (SSSR count). The van der Waals surface area contributed by atoms with Gasteiger partial charge < -0.3 is 4.90 Å². The lowest BCUT2D eigenvalue weighted by atomic mass is 10.2. The van der Waals surface area contributed by atoms with Gasteiger partial charge in [0.15, 0.2) is 9.84 Å². The van der Waals surface area contributed by atoms with E-state index in [0.717, 1.165) is 35.7 Å². The topological polar surface area (TPSA) is 57.7 Å². The summed E-state index contributed by atoms with van der Waals surface area (Å²) in [6.45, 7) is 3.92. The molecule has 1 amide bonds. The first-order chi connectivity index (χ1) is 12.0. The Kier molecular flexibility index (Phi) is 6.07. The highest BCUT2D eigenvalue weighted by Gasteiger charge is 2.34. The SMILES string of the molecule is CCCCN(CC(=O)N1CCSc2ccccc21)C1CCS(=O)(=O)C1. The maximum absolute atomic E-state index is 13.0. The van der Waals surface area contributed by atoms with Gasteiger partial charge in [0, 0.05) is 23.2 Å². The number of benzene rings is 1. The highest BCUT2D eigenvalue weighted by atomic mass is 32.2. The number of thioether (sulfide) groups is 1. The van der Waals surface area contributed by atoms with Crippen LogP contribution in [-0.2, 0) is 14.6 Å². The fourth-order valence-electron chi connectivity index (χ4n) is 3.50. The molecule has 25 heavy (non-hydrogen) atoms. The molecule has 0 spiro atoms. The predicted octanol–water partition coefficient (Wildman–Crippen LogP) is 2.41. The Balaban J connectivity index is 1.72. The van der Waals surface area contributed by atoms with Crippen molar-refractivity contribution in [3.8, 4) is 0 Å². The van der Waals surface area contributed by atoms with Crippen LogP contribution in [0.2, 0.25) is 0 Å². The molecular formula is C18H26N2O3S2. The highest BCUT2D eigenvalue weighted by molar-refractivity contribution is 7.99. The molecule has 5 nitrogen and oxygen atoms in total. The lowest BCUT2D eigenvalue weighted by molar-refractivity contribution is -0.120. The molecular weight excluding hydrogens is 356 g/mol. The number of nitrogens with zero attached hydrogens (tertiary/aromatic N) is 2. The van der Waals surface area contributed by atoms with E-state index in [-0.39, 0.29) is 23.5 Å². The van der Waals surface area contributed by atoms with Crippen LogP contribution in [0, 0.1) is 0 Å². The molecule has 1 saturated heterocycles. The largest absolute Gasteiger partial charge is 0.309 e. The second-order valence-electron chi connectivity index (χ2n) is 6.74. The Morgan fingerprint density at radius 3 is 2.88 bits per heavy atom. The van der Waals surface area contributed by atoms with Crippen LogP contribution in [0.3, 0.4) is 0 Å². The number of carbonyl (C=O) groups excluding carboxylic acids is 1. The number of para-hydroxylation sites is 1. The summed E-state index contributed by atoms with van der Waals surface area (Å²) >= 11 is 1.78. The van der Waals surface area contributed by atoms with Crippen molar-refractivity contribution in [1.82, 2.24) is 4.90 Å². The molecule has 0 bridgehead atoms. The van der Waals surface area contributed by atoms with Gasteiger partial charge in [0.2, 0.25) is 5.91 Å². The van der Waals surface area contributed by atoms with Crippen molar-refractivity contribution in [1.29, 1.82) is 0 Å². The molecule has 1 aromatic carbocycles. The monoisotopic (exact) mass is 382 g/mol. The summed E-state index contributed by atoms with van der Waals surface area (Å²) in [6.07, 6.45) is 2.66. The third-order valence-corrected chi connectivity index (χ3v) is 7.68. The van der Waals surface area contributed by atoms with Crippen LogP contribution >= 0.6 is 11.8 Å². The van der Waals surface area contributed by atoms with Crippen molar-refractivity contribution in [3.05, 3.63) is 24.3 Å². The van der Waals surface area contributed by atoms with Crippen LogP contribution in [-0.4, -0.2) is 62.2 Å². The van der Waals surface area contributed by atoms with Gasteiger partial charge >= 0.3 is 0 Å². The zero-order valence-electron chi connectivity index (χ0n) is 14.7. The molecule has 1 aromatic rings. The minimum Gasteiger partial charge on any atom is -0.309 e. The molecule has 1 unspecified atom stereocenters. The highest BCUT2D eigenvalue weighted by Crippen LogP contribution is 2.34. The number of hydrogen-bond donors (Lipinski definition) is 0. The van der Waals surface area contributed by atoms with Gasteiger partial charge in [-0.2, -0.15) is 0 Å². The second-order valence-corrected chi connectivity index (χ2v) is 10.1. The number of fused-ring (bicyclic) bond motifs is 1. The second kappa shape index (κ2) is 8.10. The molecule has 2 aliphatic heterocycles. The van der Waals surface area contributed by atoms with E-state index < -0.39 is 9.84 Å². The van der Waals surface area contributed by atoms with Crippen LogP contribution in [0.25, 0.3) is 0 Å². The van der Waals surface area contributed by atoms with Crippen LogP contribution in [0.1, 0.15) is 26.2 Å². The van der Waals surface area contributed by atoms with Gasteiger partial charge in [0.05, 0.1) is 23.7 Å². The number of unbranched alkanes of at least 4 members (excludes halogenated alkanes) is 1. The van der Waals surface area contributed by atoms with Crippen LogP contribution in [0.15, 0.2) is 29.2 Å². The van der Waals surface area contributed by atoms with E-state index in [4.69, 9.17) is 0 Å². The normalized spacial score (nSPS) is 22.2. The number of rotatable bonds is 6. The van der Waals surface area contributed by atoms with Gasteiger partial charge in [-0.1, -0.05) is 25.5 Å². The summed E-state index contributed by atoms with van der Waals surface area (Å²) in [7, 11) is -2.94. The third-order valence-electron chi connectivity index (χ3n) is 4.89. The fourth-order valence-corrected chi connectivity index (χ4v) is 6.26. The number of hydrogen-bond acceptors (Lipinski definition) is 5. The van der Waals surface area contributed by atoms with Gasteiger partial charge in [0.25, 0.3) is 0 Å². The number of anilines is 1. The van der Waals surface area contributed by atoms with E-state index in [1.54, 1.807) is 11.8 Å². The Hall–Kier alpha value is -1.05. The number of carbonyl (C=O) groups is 1. The first-order valence-corrected chi connectivity index (χ1v) is 11.8. The van der Waals surface area contributed by atoms with Gasteiger partial charge in [-0.15, -0.1) is 11.8 Å². The predicted molar refractivity (Wildman–Crippen MR) is 103 cm³/mol. The summed E-state index contributed by atoms with van der Waals surface area (Å²) < 4.78 is 23.7. The lowest BCUT2D eigenvalue weighted by Gasteiger charge is -2.33. The maximum atomic E-state index is 13.0. The van der Waals surface area contributed by atoms with E-state index in [1.165, 1.54) is 0 Å². The fraction of sp³-hybridized carbons (Fsp3) is 0.611. The van der Waals surface area contributed by atoms with Crippen LogP contribution in [0.4, 0.5) is 5.69 Å². The lowest BCUT2D eigenvalue weighted by Crippen LogP contribution is -2.47. The van der Waals surface area contributed by atoms with E-state index in [2.05, 4.69) is 17.9 Å². The first kappa shape index (κ1) is 18.7. The molecule has 0 aliphatic carbocycles. The van der Waals surface area contributed by atoms with E-state index in [1.807, 2.05) is 23.1 Å². The molecule has 0 radical (unpaired) electrons. The minimum absolute atomic E-state index is 0.0186. The molecule has 2 aliphatic rings. The minimum atomic E-state index is -2.94. The van der Waals surface area contributed by atoms with Crippen molar-refractivity contribution in [3.63, 3.8) is 0 Å². The van der Waals surface area contributed by atoms with E-state index in [0.29, 0.717) is 19.5 Å². The molecule has 1 atom stereocenters. The van der Waals surface area contributed by atoms with Crippen molar-refractivity contribution < 1.29 is 13.2 Å². The molecule has 1 fully saturated rings. The van der Waals surface area contributed by atoms with Gasteiger partial charge in [-0.25, -0.2) is 8.42 Å². The molecule has 0 saturated carbocycles. The number of sulfone groups is 1. The smallest absolute Gasteiger partial charge is 0.241 e. The average molecular weight is 383 g/mol. The van der Waals surface area contributed by atoms with Gasteiger partial charge in [0.1, 0.15) is 0 Å². The van der Waals surface area contributed by atoms with Crippen molar-refractivity contribution in [2.75, 3.05) is 41.8 Å². The molecule has 2 heterocycles.